The molecule has 0 aliphatic carbocycles. The van der Waals surface area contributed by atoms with Gasteiger partial charge in [-0.25, -0.2) is 8.42 Å². The lowest BCUT2D eigenvalue weighted by atomic mass is 10.2. The van der Waals surface area contributed by atoms with Crippen LogP contribution in [0.3, 0.4) is 0 Å². The number of esters is 1. The Hall–Kier alpha value is -1.52. The van der Waals surface area contributed by atoms with Gasteiger partial charge < -0.3 is 15.2 Å². The number of rotatable bonds is 7. The molecule has 0 amide bonds. The fourth-order valence-electron chi connectivity index (χ4n) is 2.43. The van der Waals surface area contributed by atoms with E-state index in [-0.39, 0.29) is 11.3 Å². The first-order chi connectivity index (χ1) is 10.9. The van der Waals surface area contributed by atoms with Crippen LogP contribution in [0, 0.1) is 0 Å². The molecule has 10 heteroatoms. The van der Waals surface area contributed by atoms with Gasteiger partial charge in [0.25, 0.3) is 0 Å². The van der Waals surface area contributed by atoms with E-state index in [1.54, 1.807) is 0 Å². The zero-order valence-electron chi connectivity index (χ0n) is 13.3. The van der Waals surface area contributed by atoms with Gasteiger partial charge in [0.2, 0.25) is 15.0 Å². The number of aromatic nitrogens is 3. The van der Waals surface area contributed by atoms with E-state index >= 15 is 0 Å². The smallest absolute Gasteiger partial charge is 0.321 e. The number of methoxy groups -OCH3 is 1. The third kappa shape index (κ3) is 4.06. The first kappa shape index (κ1) is 17.8. The van der Waals surface area contributed by atoms with Crippen molar-refractivity contribution in [3.63, 3.8) is 0 Å². The molecule has 1 aliphatic rings. The van der Waals surface area contributed by atoms with Crippen molar-refractivity contribution >= 4 is 15.8 Å². The van der Waals surface area contributed by atoms with Crippen LogP contribution < -0.4 is 5.73 Å². The third-order valence-electron chi connectivity index (χ3n) is 3.74. The highest BCUT2D eigenvalue weighted by Gasteiger charge is 2.31. The molecule has 2 rings (SSSR count). The van der Waals surface area contributed by atoms with Gasteiger partial charge in [0.1, 0.15) is 0 Å². The average Bonchev–Trinajstić information content (AvgIpc) is 3.16. The van der Waals surface area contributed by atoms with Gasteiger partial charge in [0, 0.05) is 6.61 Å². The lowest BCUT2D eigenvalue weighted by molar-refractivity contribution is -0.137. The summed E-state index contributed by atoms with van der Waals surface area (Å²) in [6.07, 6.45) is 2.23. The van der Waals surface area contributed by atoms with Gasteiger partial charge in [-0.05, 0) is 19.3 Å². The maximum atomic E-state index is 12.4. The molecule has 0 bridgehead atoms. The lowest BCUT2D eigenvalue weighted by Gasteiger charge is -2.16. The molecule has 2 unspecified atom stereocenters. The monoisotopic (exact) mass is 346 g/mol. The molecule has 130 valence electrons. The second-order valence-electron chi connectivity index (χ2n) is 5.44. The molecule has 1 aliphatic heterocycles. The summed E-state index contributed by atoms with van der Waals surface area (Å²) in [5, 5.41) is 7.43. The van der Waals surface area contributed by atoms with E-state index in [0.717, 1.165) is 20.0 Å². The van der Waals surface area contributed by atoms with Crippen molar-refractivity contribution in [3.05, 3.63) is 5.82 Å². The SMILES string of the molecule is CCC(N)c1nnc(S(=O)(=O)CC(=O)OC)n1CC1CCCO1. The predicted molar refractivity (Wildman–Crippen MR) is 80.3 cm³/mol. The second kappa shape index (κ2) is 7.37. The number of ether oxygens (including phenoxy) is 2. The van der Waals surface area contributed by atoms with Crippen LogP contribution in [0.5, 0.6) is 0 Å². The zero-order chi connectivity index (χ0) is 17.0. The molecule has 2 N–H and O–H groups in total. The Morgan fingerprint density at radius 2 is 2.26 bits per heavy atom. The molecule has 1 aromatic heterocycles. The minimum atomic E-state index is -3.96. The highest BCUT2D eigenvalue weighted by Crippen LogP contribution is 2.21. The average molecular weight is 346 g/mol. The van der Waals surface area contributed by atoms with Gasteiger partial charge in [0.15, 0.2) is 11.6 Å². The number of nitrogens with zero attached hydrogens (tertiary/aromatic N) is 3. The van der Waals surface area contributed by atoms with E-state index in [1.807, 2.05) is 6.92 Å². The second-order valence-corrected chi connectivity index (χ2v) is 7.32. The maximum absolute atomic E-state index is 12.4. The van der Waals surface area contributed by atoms with Gasteiger partial charge in [-0.2, -0.15) is 0 Å². The van der Waals surface area contributed by atoms with Crippen LogP contribution in [0.4, 0.5) is 0 Å². The largest absolute Gasteiger partial charge is 0.468 e. The van der Waals surface area contributed by atoms with Crippen LogP contribution in [0.1, 0.15) is 38.1 Å². The maximum Gasteiger partial charge on any atom is 0.321 e. The molecule has 2 heterocycles. The minimum Gasteiger partial charge on any atom is -0.468 e. The Balaban J connectivity index is 2.38. The third-order valence-corrected chi connectivity index (χ3v) is 5.21. The summed E-state index contributed by atoms with van der Waals surface area (Å²) < 4.78 is 36.3. The summed E-state index contributed by atoms with van der Waals surface area (Å²) in [5.74, 6) is -1.25. The van der Waals surface area contributed by atoms with E-state index in [0.29, 0.717) is 25.4 Å². The van der Waals surface area contributed by atoms with Crippen molar-refractivity contribution in [2.45, 2.75) is 50.0 Å². The number of hydrogen-bond donors (Lipinski definition) is 1. The minimum absolute atomic E-state index is 0.110. The van der Waals surface area contributed by atoms with Crippen LogP contribution in [0.15, 0.2) is 5.16 Å². The van der Waals surface area contributed by atoms with Crippen molar-refractivity contribution < 1.29 is 22.7 Å². The van der Waals surface area contributed by atoms with E-state index < -0.39 is 27.6 Å². The normalized spacial score (nSPS) is 19.7. The van der Waals surface area contributed by atoms with Crippen LogP contribution in [0.25, 0.3) is 0 Å². The van der Waals surface area contributed by atoms with E-state index in [9.17, 15) is 13.2 Å². The number of hydrogen-bond acceptors (Lipinski definition) is 8. The zero-order valence-corrected chi connectivity index (χ0v) is 14.1. The van der Waals surface area contributed by atoms with E-state index in [1.165, 1.54) is 4.57 Å². The molecule has 0 saturated carbocycles. The molecule has 0 spiro atoms. The van der Waals surface area contributed by atoms with E-state index in [2.05, 4.69) is 14.9 Å². The Labute approximate surface area is 135 Å². The van der Waals surface area contributed by atoms with Crippen LogP contribution in [0.2, 0.25) is 0 Å². The fraction of sp³-hybridized carbons (Fsp3) is 0.769. The number of carbonyl (C=O) groups is 1. The lowest BCUT2D eigenvalue weighted by Crippen LogP contribution is -2.26. The highest BCUT2D eigenvalue weighted by atomic mass is 32.2. The van der Waals surface area contributed by atoms with Crippen molar-refractivity contribution in [1.82, 2.24) is 14.8 Å². The molecule has 1 fully saturated rings. The van der Waals surface area contributed by atoms with Gasteiger partial charge in [-0.15, -0.1) is 10.2 Å². The number of carbonyl (C=O) groups excluding carboxylic acids is 1. The first-order valence-corrected chi connectivity index (χ1v) is 9.14. The van der Waals surface area contributed by atoms with Crippen molar-refractivity contribution in [2.24, 2.45) is 5.73 Å². The molecule has 1 aromatic rings. The first-order valence-electron chi connectivity index (χ1n) is 7.49. The molecule has 9 nitrogen and oxygen atoms in total. The van der Waals surface area contributed by atoms with Crippen molar-refractivity contribution in [1.29, 1.82) is 0 Å². The van der Waals surface area contributed by atoms with Crippen LogP contribution in [-0.4, -0.2) is 54.7 Å². The molecule has 0 aromatic carbocycles. The predicted octanol–water partition coefficient (Wildman–Crippen LogP) is -0.186. The van der Waals surface area contributed by atoms with Crippen LogP contribution in [-0.2, 0) is 30.7 Å². The molecule has 1 saturated heterocycles. The van der Waals surface area contributed by atoms with Crippen molar-refractivity contribution in [3.8, 4) is 0 Å². The van der Waals surface area contributed by atoms with Gasteiger partial charge in [-0.1, -0.05) is 6.92 Å². The Morgan fingerprint density at radius 3 is 2.83 bits per heavy atom. The van der Waals surface area contributed by atoms with Crippen molar-refractivity contribution in [2.75, 3.05) is 19.5 Å². The standard InChI is InChI=1S/C13H22N4O5S/c1-3-10(14)12-15-16-13(23(19,20)8-11(18)21-2)17(12)7-9-5-4-6-22-9/h9-10H,3-8,14H2,1-2H3. The molecular formula is C13H22N4O5S. The summed E-state index contributed by atoms with van der Waals surface area (Å²) in [5.41, 5.74) is 6.00. The van der Waals surface area contributed by atoms with Gasteiger partial charge in [-0.3, -0.25) is 9.36 Å². The summed E-state index contributed by atoms with van der Waals surface area (Å²) in [6, 6.07) is -0.439. The summed E-state index contributed by atoms with van der Waals surface area (Å²) in [4.78, 5) is 11.3. The number of nitrogens with two attached hydrogens (primary N) is 1. The molecule has 23 heavy (non-hydrogen) atoms. The molecule has 0 radical (unpaired) electrons. The molecule has 2 atom stereocenters. The number of sulfone groups is 1. The Morgan fingerprint density at radius 1 is 1.52 bits per heavy atom. The topological polar surface area (TPSA) is 126 Å². The highest BCUT2D eigenvalue weighted by molar-refractivity contribution is 7.91. The van der Waals surface area contributed by atoms with E-state index in [4.69, 9.17) is 10.5 Å². The van der Waals surface area contributed by atoms with Gasteiger partial charge >= 0.3 is 5.97 Å². The quantitative estimate of drug-likeness (QED) is 0.673. The van der Waals surface area contributed by atoms with Crippen LogP contribution >= 0.6 is 0 Å². The Bertz CT molecular complexity index is 651. The summed E-state index contributed by atoms with van der Waals surface area (Å²) in [6.45, 7) is 2.82. The fourth-order valence-corrected chi connectivity index (χ4v) is 3.66. The summed E-state index contributed by atoms with van der Waals surface area (Å²) >= 11 is 0. The summed E-state index contributed by atoms with van der Waals surface area (Å²) in [7, 11) is -2.83. The Kier molecular flexibility index (Phi) is 5.71. The molecular weight excluding hydrogens is 324 g/mol. The van der Waals surface area contributed by atoms with Gasteiger partial charge in [0.05, 0.1) is 25.8 Å².